The van der Waals surface area contributed by atoms with Crippen molar-refractivity contribution in [1.29, 1.82) is 0 Å². The van der Waals surface area contributed by atoms with Crippen LogP contribution in [0.25, 0.3) is 0 Å². The zero-order valence-electron chi connectivity index (χ0n) is 12.1. The van der Waals surface area contributed by atoms with Crippen molar-refractivity contribution in [3.8, 4) is 0 Å². The molecule has 1 aliphatic rings. The second kappa shape index (κ2) is 7.58. The number of thioether (sulfide) groups is 1. The maximum Gasteiger partial charge on any atom is 0.225 e. The Labute approximate surface area is 125 Å². The summed E-state index contributed by atoms with van der Waals surface area (Å²) < 4.78 is 0. The summed E-state index contributed by atoms with van der Waals surface area (Å²) >= 11 is 1.96. The van der Waals surface area contributed by atoms with Crippen LogP contribution in [0.15, 0.2) is 24.3 Å². The Hall–Kier alpha value is -1.16. The highest BCUT2D eigenvalue weighted by molar-refractivity contribution is 7.99. The molecule has 1 fully saturated rings. The van der Waals surface area contributed by atoms with E-state index >= 15 is 0 Å². The SMILES string of the molecule is CC1CCCC(SCCC(=O)Nc2cccc(N)c2)C1. The molecule has 4 heteroatoms. The van der Waals surface area contributed by atoms with Crippen LogP contribution in [0, 0.1) is 5.92 Å². The summed E-state index contributed by atoms with van der Waals surface area (Å²) in [7, 11) is 0. The van der Waals surface area contributed by atoms with Crippen molar-refractivity contribution in [2.24, 2.45) is 5.92 Å². The van der Waals surface area contributed by atoms with Crippen molar-refractivity contribution in [2.45, 2.75) is 44.3 Å². The van der Waals surface area contributed by atoms with Gasteiger partial charge in [-0.1, -0.05) is 25.8 Å². The van der Waals surface area contributed by atoms with Crippen LogP contribution in [-0.2, 0) is 4.79 Å². The summed E-state index contributed by atoms with van der Waals surface area (Å²) in [5.74, 6) is 1.83. The molecule has 1 aromatic rings. The lowest BCUT2D eigenvalue weighted by atomic mass is 9.91. The molecule has 0 bridgehead atoms. The second-order valence-electron chi connectivity index (χ2n) is 5.69. The smallest absolute Gasteiger partial charge is 0.225 e. The van der Waals surface area contributed by atoms with Crippen LogP contribution >= 0.6 is 11.8 Å². The van der Waals surface area contributed by atoms with Crippen LogP contribution in [-0.4, -0.2) is 16.9 Å². The molecule has 0 aliphatic heterocycles. The predicted molar refractivity (Wildman–Crippen MR) is 88.0 cm³/mol. The number of amides is 1. The molecule has 2 atom stereocenters. The topological polar surface area (TPSA) is 55.1 Å². The van der Waals surface area contributed by atoms with Gasteiger partial charge in [-0.2, -0.15) is 11.8 Å². The van der Waals surface area contributed by atoms with E-state index in [1.54, 1.807) is 6.07 Å². The number of nitrogens with one attached hydrogen (secondary N) is 1. The van der Waals surface area contributed by atoms with Gasteiger partial charge in [-0.05, 0) is 37.0 Å². The second-order valence-corrected chi connectivity index (χ2v) is 7.10. The van der Waals surface area contributed by atoms with Crippen molar-refractivity contribution in [2.75, 3.05) is 16.8 Å². The number of hydrogen-bond donors (Lipinski definition) is 2. The highest BCUT2D eigenvalue weighted by Gasteiger charge is 2.19. The molecule has 2 rings (SSSR count). The summed E-state index contributed by atoms with van der Waals surface area (Å²) in [5.41, 5.74) is 7.15. The average Bonchev–Trinajstić information content (AvgIpc) is 2.38. The van der Waals surface area contributed by atoms with Crippen LogP contribution in [0.1, 0.15) is 39.0 Å². The fraction of sp³-hybridized carbons (Fsp3) is 0.562. The highest BCUT2D eigenvalue weighted by Crippen LogP contribution is 2.32. The van der Waals surface area contributed by atoms with E-state index in [2.05, 4.69) is 12.2 Å². The number of nitrogens with two attached hydrogens (primary N) is 1. The van der Waals surface area contributed by atoms with Gasteiger partial charge in [0.1, 0.15) is 0 Å². The molecule has 0 radical (unpaired) electrons. The van der Waals surface area contributed by atoms with Crippen LogP contribution in [0.2, 0.25) is 0 Å². The van der Waals surface area contributed by atoms with E-state index in [0.29, 0.717) is 12.1 Å². The molecule has 110 valence electrons. The Kier molecular flexibility index (Phi) is 5.77. The monoisotopic (exact) mass is 292 g/mol. The minimum Gasteiger partial charge on any atom is -0.399 e. The first-order valence-corrected chi connectivity index (χ1v) is 8.45. The van der Waals surface area contributed by atoms with Gasteiger partial charge < -0.3 is 11.1 Å². The number of carbonyl (C=O) groups excluding carboxylic acids is 1. The highest BCUT2D eigenvalue weighted by atomic mass is 32.2. The quantitative estimate of drug-likeness (QED) is 0.809. The Morgan fingerprint density at radius 3 is 3.05 bits per heavy atom. The van der Waals surface area contributed by atoms with E-state index in [1.165, 1.54) is 25.7 Å². The number of anilines is 2. The third kappa shape index (κ3) is 5.08. The Bertz CT molecular complexity index is 450. The lowest BCUT2D eigenvalue weighted by Crippen LogP contribution is -2.17. The largest absolute Gasteiger partial charge is 0.399 e. The summed E-state index contributed by atoms with van der Waals surface area (Å²) in [6.45, 7) is 2.33. The van der Waals surface area contributed by atoms with Gasteiger partial charge >= 0.3 is 0 Å². The number of hydrogen-bond acceptors (Lipinski definition) is 3. The normalized spacial score (nSPS) is 22.4. The van der Waals surface area contributed by atoms with Crippen LogP contribution in [0.5, 0.6) is 0 Å². The molecule has 1 saturated carbocycles. The van der Waals surface area contributed by atoms with Crippen molar-refractivity contribution in [3.63, 3.8) is 0 Å². The molecule has 0 saturated heterocycles. The van der Waals surface area contributed by atoms with Crippen LogP contribution in [0.4, 0.5) is 11.4 Å². The first-order chi connectivity index (χ1) is 9.63. The predicted octanol–water partition coefficient (Wildman–Crippen LogP) is 3.91. The third-order valence-corrected chi connectivity index (χ3v) is 5.08. The summed E-state index contributed by atoms with van der Waals surface area (Å²) in [4.78, 5) is 11.9. The summed E-state index contributed by atoms with van der Waals surface area (Å²) in [6, 6.07) is 7.32. The van der Waals surface area contributed by atoms with Gasteiger partial charge in [0.25, 0.3) is 0 Å². The number of nitrogen functional groups attached to an aromatic ring is 1. The van der Waals surface area contributed by atoms with Gasteiger partial charge in [0, 0.05) is 28.8 Å². The van der Waals surface area contributed by atoms with E-state index in [0.717, 1.165) is 22.6 Å². The molecular formula is C16H24N2OS. The van der Waals surface area contributed by atoms with Crippen molar-refractivity contribution in [1.82, 2.24) is 0 Å². The third-order valence-electron chi connectivity index (χ3n) is 3.74. The van der Waals surface area contributed by atoms with E-state index in [1.807, 2.05) is 30.0 Å². The number of rotatable bonds is 5. The fourth-order valence-electron chi connectivity index (χ4n) is 2.69. The standard InChI is InChI=1S/C16H24N2OS/c1-12-4-2-7-15(10-12)20-9-8-16(19)18-14-6-3-5-13(17)11-14/h3,5-6,11-12,15H,2,4,7-10,17H2,1H3,(H,18,19). The van der Waals surface area contributed by atoms with Crippen molar-refractivity contribution in [3.05, 3.63) is 24.3 Å². The van der Waals surface area contributed by atoms with E-state index < -0.39 is 0 Å². The van der Waals surface area contributed by atoms with Crippen molar-refractivity contribution >= 4 is 29.0 Å². The molecule has 0 heterocycles. The first-order valence-electron chi connectivity index (χ1n) is 7.40. The van der Waals surface area contributed by atoms with Gasteiger partial charge in [0.05, 0.1) is 0 Å². The van der Waals surface area contributed by atoms with E-state index in [9.17, 15) is 4.79 Å². The van der Waals surface area contributed by atoms with Gasteiger partial charge in [0.15, 0.2) is 0 Å². The number of benzene rings is 1. The van der Waals surface area contributed by atoms with Gasteiger partial charge in [-0.15, -0.1) is 0 Å². The molecule has 1 aliphatic carbocycles. The fourth-order valence-corrected chi connectivity index (χ4v) is 4.12. The minimum absolute atomic E-state index is 0.0759. The molecule has 0 spiro atoms. The molecule has 20 heavy (non-hydrogen) atoms. The Morgan fingerprint density at radius 1 is 1.45 bits per heavy atom. The minimum atomic E-state index is 0.0759. The molecule has 1 amide bonds. The molecule has 0 aromatic heterocycles. The van der Waals surface area contributed by atoms with Crippen LogP contribution < -0.4 is 11.1 Å². The van der Waals surface area contributed by atoms with Crippen molar-refractivity contribution < 1.29 is 4.79 Å². The maximum atomic E-state index is 11.9. The molecular weight excluding hydrogens is 268 g/mol. The maximum absolute atomic E-state index is 11.9. The lowest BCUT2D eigenvalue weighted by molar-refractivity contribution is -0.115. The molecule has 3 N–H and O–H groups in total. The van der Waals surface area contributed by atoms with Gasteiger partial charge in [-0.3, -0.25) is 4.79 Å². The number of carbonyl (C=O) groups is 1. The first kappa shape index (κ1) is 15.2. The Balaban J connectivity index is 1.67. The van der Waals surface area contributed by atoms with Gasteiger partial charge in [-0.25, -0.2) is 0 Å². The molecule has 2 unspecified atom stereocenters. The van der Waals surface area contributed by atoms with E-state index in [-0.39, 0.29) is 5.91 Å². The van der Waals surface area contributed by atoms with Gasteiger partial charge in [0.2, 0.25) is 5.91 Å². The zero-order valence-corrected chi connectivity index (χ0v) is 12.9. The Morgan fingerprint density at radius 2 is 2.30 bits per heavy atom. The molecule has 3 nitrogen and oxygen atoms in total. The zero-order chi connectivity index (χ0) is 14.4. The van der Waals surface area contributed by atoms with Crippen LogP contribution in [0.3, 0.4) is 0 Å². The van der Waals surface area contributed by atoms with E-state index in [4.69, 9.17) is 5.73 Å². The summed E-state index contributed by atoms with van der Waals surface area (Å²) in [6.07, 6.45) is 5.90. The average molecular weight is 292 g/mol. The molecule has 1 aromatic carbocycles. The lowest BCUT2D eigenvalue weighted by Gasteiger charge is -2.26. The summed E-state index contributed by atoms with van der Waals surface area (Å²) in [5, 5.41) is 3.65.